The van der Waals surface area contributed by atoms with Crippen LogP contribution in [0, 0.1) is 0 Å². The first-order valence-electron chi connectivity index (χ1n) is 7.19. The molecule has 0 spiro atoms. The first-order chi connectivity index (χ1) is 9.69. The molecule has 0 aliphatic carbocycles. The molecule has 1 fully saturated rings. The molecule has 0 amide bonds. The second-order valence-corrected chi connectivity index (χ2v) is 7.57. The van der Waals surface area contributed by atoms with Crippen molar-refractivity contribution in [3.8, 4) is 0 Å². The molecule has 1 saturated heterocycles. The molecule has 112 valence electrons. The van der Waals surface area contributed by atoms with Crippen LogP contribution in [-0.4, -0.2) is 35.5 Å². The monoisotopic (exact) mass is 312 g/mol. The zero-order chi connectivity index (χ0) is 14.4. The maximum Gasteiger partial charge on any atom is 0.191 e. The normalized spacial score (nSPS) is 19.6. The van der Waals surface area contributed by atoms with Gasteiger partial charge in [0, 0.05) is 30.1 Å². The average molecular weight is 313 g/mol. The quantitative estimate of drug-likeness (QED) is 0.648. The molecule has 1 aliphatic heterocycles. The van der Waals surface area contributed by atoms with E-state index < -0.39 is 0 Å². The molecular formula is C14H24N4S2. The Balaban J connectivity index is 1.75. The Morgan fingerprint density at radius 1 is 1.50 bits per heavy atom. The van der Waals surface area contributed by atoms with E-state index >= 15 is 0 Å². The van der Waals surface area contributed by atoms with Gasteiger partial charge in [0.25, 0.3) is 0 Å². The van der Waals surface area contributed by atoms with Gasteiger partial charge in [-0.3, -0.25) is 4.99 Å². The summed E-state index contributed by atoms with van der Waals surface area (Å²) in [5.74, 6) is 2.68. The van der Waals surface area contributed by atoms with Crippen molar-refractivity contribution in [3.63, 3.8) is 0 Å². The van der Waals surface area contributed by atoms with Crippen LogP contribution in [0.3, 0.4) is 0 Å². The van der Waals surface area contributed by atoms with Gasteiger partial charge < -0.3 is 10.6 Å². The number of guanidine groups is 1. The summed E-state index contributed by atoms with van der Waals surface area (Å²) in [7, 11) is 1.82. The largest absolute Gasteiger partial charge is 0.355 e. The Kier molecular flexibility index (Phi) is 6.16. The molecule has 0 radical (unpaired) electrons. The van der Waals surface area contributed by atoms with Gasteiger partial charge >= 0.3 is 0 Å². The van der Waals surface area contributed by atoms with Gasteiger partial charge in [0.15, 0.2) is 5.96 Å². The number of nitrogens with zero attached hydrogens (tertiary/aromatic N) is 2. The number of hydrogen-bond acceptors (Lipinski definition) is 4. The molecule has 4 nitrogen and oxygen atoms in total. The fourth-order valence-electron chi connectivity index (χ4n) is 2.08. The first kappa shape index (κ1) is 15.6. The van der Waals surface area contributed by atoms with Crippen LogP contribution < -0.4 is 10.6 Å². The second-order valence-electron chi connectivity index (χ2n) is 5.27. The van der Waals surface area contributed by atoms with Gasteiger partial charge in [-0.05, 0) is 18.6 Å². The van der Waals surface area contributed by atoms with Gasteiger partial charge in [-0.25, -0.2) is 4.98 Å². The Bertz CT molecular complexity index is 436. The molecule has 2 rings (SSSR count). The molecule has 6 heteroatoms. The number of hydrogen-bond donors (Lipinski definition) is 2. The van der Waals surface area contributed by atoms with Gasteiger partial charge in [-0.2, -0.15) is 11.8 Å². The van der Waals surface area contributed by atoms with E-state index in [4.69, 9.17) is 0 Å². The molecule has 0 aromatic carbocycles. The van der Waals surface area contributed by atoms with Crippen LogP contribution in [0.4, 0.5) is 0 Å². The molecule has 2 heterocycles. The average Bonchev–Trinajstić information content (AvgIpc) is 3.10. The smallest absolute Gasteiger partial charge is 0.191 e. The number of aliphatic imine (C=N–C) groups is 1. The predicted molar refractivity (Wildman–Crippen MR) is 89.9 cm³/mol. The highest BCUT2D eigenvalue weighted by Crippen LogP contribution is 2.25. The van der Waals surface area contributed by atoms with Crippen LogP contribution in [0.1, 0.15) is 43.3 Å². The summed E-state index contributed by atoms with van der Waals surface area (Å²) in [6, 6.07) is 0. The minimum Gasteiger partial charge on any atom is -0.355 e. The Morgan fingerprint density at radius 2 is 2.35 bits per heavy atom. The van der Waals surface area contributed by atoms with Crippen molar-refractivity contribution in [1.29, 1.82) is 0 Å². The lowest BCUT2D eigenvalue weighted by atomic mass is 10.2. The van der Waals surface area contributed by atoms with Crippen molar-refractivity contribution in [2.24, 2.45) is 4.99 Å². The lowest BCUT2D eigenvalue weighted by Crippen LogP contribution is -2.39. The van der Waals surface area contributed by atoms with Crippen molar-refractivity contribution in [2.45, 2.75) is 44.4 Å². The molecule has 0 bridgehead atoms. The molecule has 1 aromatic rings. The van der Waals surface area contributed by atoms with E-state index in [1.807, 2.05) is 7.05 Å². The maximum absolute atomic E-state index is 4.62. The van der Waals surface area contributed by atoms with Gasteiger partial charge in [-0.15, -0.1) is 11.3 Å². The summed E-state index contributed by atoms with van der Waals surface area (Å²) in [6.07, 6.45) is 2.67. The Hall–Kier alpha value is -0.750. The van der Waals surface area contributed by atoms with Crippen molar-refractivity contribution < 1.29 is 0 Å². The van der Waals surface area contributed by atoms with Gasteiger partial charge in [0.05, 0.1) is 17.2 Å². The highest BCUT2D eigenvalue weighted by molar-refractivity contribution is 8.00. The minimum absolute atomic E-state index is 0.505. The van der Waals surface area contributed by atoms with Crippen LogP contribution in [0.2, 0.25) is 0 Å². The number of nitrogens with one attached hydrogen (secondary N) is 2. The van der Waals surface area contributed by atoms with Gasteiger partial charge in [0.1, 0.15) is 0 Å². The van der Waals surface area contributed by atoms with Crippen molar-refractivity contribution >= 4 is 29.1 Å². The zero-order valence-electron chi connectivity index (χ0n) is 12.5. The van der Waals surface area contributed by atoms with E-state index in [9.17, 15) is 0 Å². The highest BCUT2D eigenvalue weighted by atomic mass is 32.2. The summed E-state index contributed by atoms with van der Waals surface area (Å²) < 4.78 is 0. The van der Waals surface area contributed by atoms with Crippen molar-refractivity contribution in [1.82, 2.24) is 15.6 Å². The topological polar surface area (TPSA) is 49.3 Å². The van der Waals surface area contributed by atoms with E-state index in [0.29, 0.717) is 5.92 Å². The summed E-state index contributed by atoms with van der Waals surface area (Å²) in [5, 5.41) is 10.8. The number of aromatic nitrogens is 1. The summed E-state index contributed by atoms with van der Waals surface area (Å²) >= 11 is 3.80. The van der Waals surface area contributed by atoms with Crippen LogP contribution in [0.25, 0.3) is 0 Å². The highest BCUT2D eigenvalue weighted by Gasteiger charge is 2.15. The fourth-order valence-corrected chi connectivity index (χ4v) is 4.12. The van der Waals surface area contributed by atoms with Gasteiger partial charge in [-0.1, -0.05) is 13.8 Å². The summed E-state index contributed by atoms with van der Waals surface area (Å²) in [6.45, 7) is 6.09. The van der Waals surface area contributed by atoms with Crippen LogP contribution in [0.15, 0.2) is 10.4 Å². The molecule has 2 N–H and O–H groups in total. The SMILES string of the molecule is CN=C(NCc1csc(C(C)C)n1)NCC1CCCS1. The van der Waals surface area contributed by atoms with E-state index in [1.54, 1.807) is 11.3 Å². The lowest BCUT2D eigenvalue weighted by Gasteiger charge is -2.14. The van der Waals surface area contributed by atoms with Crippen molar-refractivity contribution in [2.75, 3.05) is 19.3 Å². The molecular weight excluding hydrogens is 288 g/mol. The van der Waals surface area contributed by atoms with Crippen LogP contribution >= 0.6 is 23.1 Å². The van der Waals surface area contributed by atoms with Gasteiger partial charge in [0.2, 0.25) is 0 Å². The van der Waals surface area contributed by atoms with Crippen LogP contribution in [0.5, 0.6) is 0 Å². The van der Waals surface area contributed by atoms with E-state index in [1.165, 1.54) is 23.6 Å². The molecule has 1 aromatic heterocycles. The zero-order valence-corrected chi connectivity index (χ0v) is 14.1. The maximum atomic E-state index is 4.62. The molecule has 0 saturated carbocycles. The molecule has 1 aliphatic rings. The van der Waals surface area contributed by atoms with E-state index in [2.05, 4.69) is 51.6 Å². The van der Waals surface area contributed by atoms with E-state index in [0.717, 1.165) is 30.0 Å². The summed E-state index contributed by atoms with van der Waals surface area (Å²) in [4.78, 5) is 8.89. The third-order valence-electron chi connectivity index (χ3n) is 3.25. The predicted octanol–water partition coefficient (Wildman–Crippen LogP) is 2.83. The minimum atomic E-state index is 0.505. The molecule has 1 atom stereocenters. The number of thiazole rings is 1. The summed E-state index contributed by atoms with van der Waals surface area (Å²) in [5.41, 5.74) is 1.09. The molecule has 1 unspecified atom stereocenters. The first-order valence-corrected chi connectivity index (χ1v) is 9.12. The van der Waals surface area contributed by atoms with Crippen LogP contribution in [-0.2, 0) is 6.54 Å². The Morgan fingerprint density at radius 3 is 2.95 bits per heavy atom. The molecule has 20 heavy (non-hydrogen) atoms. The standard InChI is InChI=1S/C14H24N4S2/c1-10(2)13-18-11(9-20-13)7-16-14(15-3)17-8-12-5-4-6-19-12/h9-10,12H,4-8H2,1-3H3,(H2,15,16,17). The number of rotatable bonds is 5. The van der Waals surface area contributed by atoms with Crippen molar-refractivity contribution in [3.05, 3.63) is 16.1 Å². The van der Waals surface area contributed by atoms with E-state index in [-0.39, 0.29) is 0 Å². The third kappa shape index (κ3) is 4.66. The second kappa shape index (κ2) is 7.88. The third-order valence-corrected chi connectivity index (χ3v) is 5.84. The lowest BCUT2D eigenvalue weighted by molar-refractivity contribution is 0.722. The Labute approximate surface area is 129 Å². The fraction of sp³-hybridized carbons (Fsp3) is 0.714. The number of thioether (sulfide) groups is 1.